The van der Waals surface area contributed by atoms with Crippen LogP contribution in [0.2, 0.25) is 0 Å². The number of fused-ring (bicyclic) bond motifs is 1. The first-order valence-electron chi connectivity index (χ1n) is 9.26. The fourth-order valence-electron chi connectivity index (χ4n) is 3.30. The second-order valence-corrected chi connectivity index (χ2v) is 6.56. The second kappa shape index (κ2) is 7.27. The zero-order valence-electron chi connectivity index (χ0n) is 16.3. The van der Waals surface area contributed by atoms with Crippen molar-refractivity contribution in [1.29, 1.82) is 5.26 Å². The monoisotopic (exact) mass is 412 g/mol. The van der Waals surface area contributed by atoms with Gasteiger partial charge in [0.1, 0.15) is 54.1 Å². The van der Waals surface area contributed by atoms with Crippen molar-refractivity contribution < 1.29 is 31.0 Å². The Morgan fingerprint density at radius 2 is 2.17 bits per heavy atom. The van der Waals surface area contributed by atoms with Gasteiger partial charge in [0.25, 0.3) is 0 Å². The third kappa shape index (κ3) is 2.91. The van der Waals surface area contributed by atoms with Crippen LogP contribution in [-0.4, -0.2) is 60.8 Å². The molecular formula is C19H17N5O6. The predicted molar refractivity (Wildman–Crippen MR) is 100.0 cm³/mol. The Balaban J connectivity index is 1.65. The number of ether oxygens (including phenoxy) is 2. The van der Waals surface area contributed by atoms with Gasteiger partial charge < -0.3 is 30.5 Å². The predicted octanol–water partition coefficient (Wildman–Crippen LogP) is -0.286. The number of esters is 1. The molecule has 2 aromatic heterocycles. The summed E-state index contributed by atoms with van der Waals surface area (Å²) in [6, 6.07) is 10.3. The largest absolute Gasteiger partial charge is 0.507 e. The van der Waals surface area contributed by atoms with Crippen LogP contribution >= 0.6 is 0 Å². The van der Waals surface area contributed by atoms with Crippen molar-refractivity contribution in [3.63, 3.8) is 0 Å². The minimum absolute atomic E-state index is 0.0646. The van der Waals surface area contributed by atoms with E-state index in [-0.39, 0.29) is 22.8 Å². The number of phenolic OH excluding ortho intramolecular Hbond substituents is 1. The van der Waals surface area contributed by atoms with Gasteiger partial charge in [0, 0.05) is 0 Å². The number of phenols is 1. The molecule has 3 heterocycles. The molecule has 0 amide bonds. The molecule has 0 unspecified atom stereocenters. The number of rotatable bonds is 4. The molecule has 1 aliphatic heterocycles. The van der Waals surface area contributed by atoms with E-state index in [4.69, 9.17) is 16.6 Å². The number of nitriles is 1. The highest BCUT2D eigenvalue weighted by molar-refractivity contribution is 5.92. The van der Waals surface area contributed by atoms with E-state index < -0.39 is 36.5 Å². The van der Waals surface area contributed by atoms with Crippen LogP contribution in [0.5, 0.6) is 5.75 Å². The summed E-state index contributed by atoms with van der Waals surface area (Å²) in [7, 11) is 0. The summed E-state index contributed by atoms with van der Waals surface area (Å²) in [6.45, 7) is -0.598. The quantitative estimate of drug-likeness (QED) is 0.417. The number of nitrogen functional groups attached to an aromatic ring is 1. The van der Waals surface area contributed by atoms with Crippen molar-refractivity contribution >= 4 is 17.3 Å². The van der Waals surface area contributed by atoms with E-state index in [1.54, 1.807) is 6.07 Å². The summed E-state index contributed by atoms with van der Waals surface area (Å²) < 4.78 is 20.2. The molecule has 0 spiro atoms. The lowest BCUT2D eigenvalue weighted by molar-refractivity contribution is -0.0682. The summed E-state index contributed by atoms with van der Waals surface area (Å²) in [5.41, 5.74) is 3.53. The maximum atomic E-state index is 12.2. The molecule has 1 aliphatic rings. The van der Waals surface area contributed by atoms with Crippen LogP contribution in [0, 0.1) is 11.3 Å². The molecule has 11 heteroatoms. The molecule has 0 bridgehead atoms. The number of carbonyl (C=O) groups excluding carboxylic acids is 1. The second-order valence-electron chi connectivity index (χ2n) is 6.56. The smallest absolute Gasteiger partial charge is 0.342 e. The van der Waals surface area contributed by atoms with Crippen molar-refractivity contribution in [2.75, 3.05) is 12.3 Å². The van der Waals surface area contributed by atoms with Crippen LogP contribution in [-0.2, 0) is 15.1 Å². The Kier molecular flexibility index (Phi) is 4.44. The van der Waals surface area contributed by atoms with E-state index in [0.29, 0.717) is 5.52 Å². The Hall–Kier alpha value is -3.72. The summed E-state index contributed by atoms with van der Waals surface area (Å²) in [6.07, 6.45) is -5.07. The van der Waals surface area contributed by atoms with Crippen molar-refractivity contribution in [2.24, 2.45) is 0 Å². The molecule has 11 nitrogen and oxygen atoms in total. The van der Waals surface area contributed by atoms with E-state index in [1.165, 1.54) is 40.9 Å². The van der Waals surface area contributed by atoms with Gasteiger partial charge in [-0.25, -0.2) is 14.3 Å². The van der Waals surface area contributed by atoms with Crippen molar-refractivity contribution in [3.05, 3.63) is 54.0 Å². The highest BCUT2D eigenvalue weighted by Gasteiger charge is 2.57. The van der Waals surface area contributed by atoms with Gasteiger partial charge in [0.05, 0.1) is 7.06 Å². The number of aromatic hydroxyl groups is 1. The first-order chi connectivity index (χ1) is 14.7. The van der Waals surface area contributed by atoms with Crippen LogP contribution in [0.1, 0.15) is 17.4 Å². The van der Waals surface area contributed by atoms with E-state index >= 15 is 0 Å². The molecule has 1 fully saturated rings. The molecule has 30 heavy (non-hydrogen) atoms. The topological polar surface area (TPSA) is 176 Å². The highest BCUT2D eigenvalue weighted by Crippen LogP contribution is 2.40. The number of benzene rings is 1. The number of aliphatic hydroxyl groups excluding tert-OH is 1. The van der Waals surface area contributed by atoms with Gasteiger partial charge in [-0.1, -0.05) is 12.1 Å². The van der Waals surface area contributed by atoms with E-state index in [2.05, 4.69) is 10.1 Å². The molecule has 0 radical (unpaired) electrons. The van der Waals surface area contributed by atoms with Gasteiger partial charge in [-0.05, 0) is 24.3 Å². The highest BCUT2D eigenvalue weighted by atomic mass is 16.6. The lowest BCUT2D eigenvalue weighted by atomic mass is 9.92. The van der Waals surface area contributed by atoms with Gasteiger partial charge in [0.15, 0.2) is 5.82 Å². The number of nitrogens with zero attached hydrogens (tertiary/aromatic N) is 4. The molecule has 0 saturated carbocycles. The minimum Gasteiger partial charge on any atom is -0.507 e. The van der Waals surface area contributed by atoms with Crippen molar-refractivity contribution in [2.45, 2.75) is 23.9 Å². The van der Waals surface area contributed by atoms with Gasteiger partial charge >= 0.3 is 5.97 Å². The van der Waals surface area contributed by atoms with Crippen LogP contribution in [0.4, 0.5) is 5.82 Å². The standard InChI is InChI=1S/C19H17N5O6/c20-8-19(14-6-5-11-17(21)22-9-23-24(11)14)16(27)15(26)13(30-19)7-29-18(28)10-3-1-2-4-12(10)25/h1-6,9,13,15-16,25-27H,7H2,(H2,21,22,23)/t13-,15-,16-,19+/m1/s1/i16D. The maximum absolute atomic E-state index is 12.2. The van der Waals surface area contributed by atoms with E-state index in [9.17, 15) is 25.4 Å². The molecule has 4 atom stereocenters. The lowest BCUT2D eigenvalue weighted by Crippen LogP contribution is -2.41. The molecule has 3 aromatic rings. The fraction of sp³-hybridized carbons (Fsp3) is 0.263. The van der Waals surface area contributed by atoms with Gasteiger partial charge in [0.2, 0.25) is 5.60 Å². The summed E-state index contributed by atoms with van der Waals surface area (Å²) in [5.74, 6) is -1.12. The van der Waals surface area contributed by atoms with Crippen LogP contribution in [0.15, 0.2) is 42.7 Å². The zero-order valence-corrected chi connectivity index (χ0v) is 15.3. The fourth-order valence-corrected chi connectivity index (χ4v) is 3.30. The lowest BCUT2D eigenvalue weighted by Gasteiger charge is -2.24. The number of carbonyl (C=O) groups is 1. The third-order valence-electron chi connectivity index (χ3n) is 4.82. The average Bonchev–Trinajstić information content (AvgIpc) is 3.26. The molecule has 154 valence electrons. The number of anilines is 1. The van der Waals surface area contributed by atoms with Crippen LogP contribution in [0.25, 0.3) is 5.52 Å². The summed E-state index contributed by atoms with van der Waals surface area (Å²) in [5, 5.41) is 44.9. The Labute approximate surface area is 170 Å². The van der Waals surface area contributed by atoms with Gasteiger partial charge in [-0.15, -0.1) is 0 Å². The first kappa shape index (κ1) is 18.3. The van der Waals surface area contributed by atoms with Crippen molar-refractivity contribution in [1.82, 2.24) is 14.6 Å². The van der Waals surface area contributed by atoms with Crippen LogP contribution < -0.4 is 5.73 Å². The maximum Gasteiger partial charge on any atom is 0.342 e. The average molecular weight is 412 g/mol. The molecule has 5 N–H and O–H groups in total. The minimum atomic E-state index is -2.85. The van der Waals surface area contributed by atoms with Crippen molar-refractivity contribution in [3.8, 4) is 11.8 Å². The third-order valence-corrected chi connectivity index (χ3v) is 4.82. The SMILES string of the molecule is [2H][C@@]1(O)[C@H](O)[C@@H](COC(=O)c2ccccc2O)O[C@@]1(C#N)c1ccc2c(N)ncnn12. The van der Waals surface area contributed by atoms with Crippen LogP contribution in [0.3, 0.4) is 0 Å². The van der Waals surface area contributed by atoms with E-state index in [1.807, 2.05) is 0 Å². The molecular weight excluding hydrogens is 394 g/mol. The molecule has 1 saturated heterocycles. The molecule has 4 rings (SSSR count). The summed E-state index contributed by atoms with van der Waals surface area (Å²) >= 11 is 0. The number of para-hydroxylation sites is 1. The summed E-state index contributed by atoms with van der Waals surface area (Å²) in [4.78, 5) is 16.1. The Morgan fingerprint density at radius 1 is 1.40 bits per heavy atom. The zero-order chi connectivity index (χ0) is 22.4. The van der Waals surface area contributed by atoms with Gasteiger partial charge in [-0.3, -0.25) is 0 Å². The normalized spacial score (nSPS) is 28.8. The first-order valence-corrected chi connectivity index (χ1v) is 8.76. The Morgan fingerprint density at radius 3 is 2.90 bits per heavy atom. The van der Waals surface area contributed by atoms with E-state index in [0.717, 1.165) is 6.33 Å². The molecule has 1 aromatic carbocycles. The Bertz CT molecular complexity index is 1210. The molecule has 0 aliphatic carbocycles. The van der Waals surface area contributed by atoms with Gasteiger partial charge in [-0.2, -0.15) is 10.4 Å². The number of aromatic nitrogens is 3. The number of nitrogens with two attached hydrogens (primary N) is 1. The number of hydrogen-bond acceptors (Lipinski definition) is 10. The number of aliphatic hydroxyl groups is 2. The number of hydrogen-bond donors (Lipinski definition) is 4.